The lowest BCUT2D eigenvalue weighted by Gasteiger charge is -2.32. The van der Waals surface area contributed by atoms with Crippen molar-refractivity contribution in [2.45, 2.75) is 33.4 Å². The summed E-state index contributed by atoms with van der Waals surface area (Å²) >= 11 is 3.47. The molecule has 2 aromatic rings. The van der Waals surface area contributed by atoms with E-state index in [1.54, 1.807) is 0 Å². The predicted octanol–water partition coefficient (Wildman–Crippen LogP) is 5.33. The summed E-state index contributed by atoms with van der Waals surface area (Å²) in [6.45, 7) is 7.71. The first kappa shape index (κ1) is 15.3. The standard InChI is InChI=1S/C18H22BrN/c1-18(2,3)17(15-7-5-4-6-8-15)20-13-14-9-11-16(19)12-10-14/h4-12,17,20H,13H2,1-3H3. The summed E-state index contributed by atoms with van der Waals surface area (Å²) in [6, 6.07) is 19.5. The first-order chi connectivity index (χ1) is 9.47. The fraction of sp³-hybridized carbons (Fsp3) is 0.333. The van der Waals surface area contributed by atoms with E-state index in [1.165, 1.54) is 11.1 Å². The van der Waals surface area contributed by atoms with Gasteiger partial charge in [-0.1, -0.05) is 79.2 Å². The largest absolute Gasteiger partial charge is 0.305 e. The van der Waals surface area contributed by atoms with Gasteiger partial charge in [-0.3, -0.25) is 0 Å². The van der Waals surface area contributed by atoms with E-state index < -0.39 is 0 Å². The molecule has 0 aromatic heterocycles. The Morgan fingerprint density at radius 3 is 2.10 bits per heavy atom. The van der Waals surface area contributed by atoms with Crippen LogP contribution in [0, 0.1) is 5.41 Å². The van der Waals surface area contributed by atoms with Crippen LogP contribution in [0.15, 0.2) is 59.1 Å². The molecule has 0 saturated carbocycles. The summed E-state index contributed by atoms with van der Waals surface area (Å²) in [5, 5.41) is 3.70. The highest BCUT2D eigenvalue weighted by atomic mass is 79.9. The van der Waals surface area contributed by atoms with Gasteiger partial charge in [0.25, 0.3) is 0 Å². The Labute approximate surface area is 130 Å². The zero-order valence-electron chi connectivity index (χ0n) is 12.4. The maximum absolute atomic E-state index is 3.70. The molecule has 106 valence electrons. The first-order valence-electron chi connectivity index (χ1n) is 6.99. The van der Waals surface area contributed by atoms with Crippen LogP contribution in [-0.2, 0) is 6.54 Å². The zero-order valence-corrected chi connectivity index (χ0v) is 13.9. The number of hydrogen-bond donors (Lipinski definition) is 1. The maximum Gasteiger partial charge on any atom is 0.0372 e. The molecule has 0 fully saturated rings. The van der Waals surface area contributed by atoms with Crippen LogP contribution in [0.25, 0.3) is 0 Å². The minimum atomic E-state index is 0.177. The van der Waals surface area contributed by atoms with Gasteiger partial charge in [-0.15, -0.1) is 0 Å². The Kier molecular flexibility index (Phi) is 5.00. The summed E-state index contributed by atoms with van der Waals surface area (Å²) in [5.74, 6) is 0. The molecule has 2 aromatic carbocycles. The molecular weight excluding hydrogens is 310 g/mol. The van der Waals surface area contributed by atoms with E-state index in [4.69, 9.17) is 0 Å². The van der Waals surface area contributed by atoms with Crippen molar-refractivity contribution in [3.05, 3.63) is 70.2 Å². The maximum atomic E-state index is 3.70. The lowest BCUT2D eigenvalue weighted by Crippen LogP contribution is -2.32. The van der Waals surface area contributed by atoms with E-state index in [-0.39, 0.29) is 5.41 Å². The topological polar surface area (TPSA) is 12.0 Å². The monoisotopic (exact) mass is 331 g/mol. The van der Waals surface area contributed by atoms with E-state index in [0.29, 0.717) is 6.04 Å². The second-order valence-electron chi connectivity index (χ2n) is 6.22. The lowest BCUT2D eigenvalue weighted by atomic mass is 9.82. The van der Waals surface area contributed by atoms with E-state index in [1.807, 2.05) is 0 Å². The number of halogens is 1. The molecule has 1 unspecified atom stereocenters. The van der Waals surface area contributed by atoms with Crippen LogP contribution in [0.5, 0.6) is 0 Å². The Balaban J connectivity index is 2.11. The molecule has 0 amide bonds. The molecular formula is C18H22BrN. The predicted molar refractivity (Wildman–Crippen MR) is 89.6 cm³/mol. The van der Waals surface area contributed by atoms with Crippen molar-refractivity contribution in [2.75, 3.05) is 0 Å². The third-order valence-electron chi connectivity index (χ3n) is 3.42. The van der Waals surface area contributed by atoms with Gasteiger partial charge in [-0.25, -0.2) is 0 Å². The molecule has 0 radical (unpaired) electrons. The van der Waals surface area contributed by atoms with Crippen LogP contribution in [0.2, 0.25) is 0 Å². The molecule has 0 heterocycles. The second kappa shape index (κ2) is 6.55. The van der Waals surface area contributed by atoms with Crippen LogP contribution in [0.3, 0.4) is 0 Å². The number of nitrogens with one attached hydrogen (secondary N) is 1. The van der Waals surface area contributed by atoms with Gasteiger partial charge in [0, 0.05) is 17.1 Å². The highest BCUT2D eigenvalue weighted by Crippen LogP contribution is 2.32. The molecule has 1 nitrogen and oxygen atoms in total. The van der Waals surface area contributed by atoms with Gasteiger partial charge in [0.2, 0.25) is 0 Å². The molecule has 1 atom stereocenters. The smallest absolute Gasteiger partial charge is 0.0372 e. The number of hydrogen-bond acceptors (Lipinski definition) is 1. The summed E-state index contributed by atoms with van der Waals surface area (Å²) in [4.78, 5) is 0. The Bertz CT molecular complexity index is 526. The van der Waals surface area contributed by atoms with E-state index >= 15 is 0 Å². The van der Waals surface area contributed by atoms with Crippen LogP contribution >= 0.6 is 15.9 Å². The molecule has 20 heavy (non-hydrogen) atoms. The lowest BCUT2D eigenvalue weighted by molar-refractivity contribution is 0.271. The SMILES string of the molecule is CC(C)(C)C(NCc1ccc(Br)cc1)c1ccccc1. The molecule has 0 aliphatic heterocycles. The van der Waals surface area contributed by atoms with Gasteiger partial charge in [0.15, 0.2) is 0 Å². The molecule has 1 N–H and O–H groups in total. The quantitative estimate of drug-likeness (QED) is 0.798. The van der Waals surface area contributed by atoms with Crippen molar-refractivity contribution < 1.29 is 0 Å². The second-order valence-corrected chi connectivity index (χ2v) is 7.13. The van der Waals surface area contributed by atoms with Gasteiger partial charge < -0.3 is 5.32 Å². The highest BCUT2D eigenvalue weighted by Gasteiger charge is 2.25. The van der Waals surface area contributed by atoms with Crippen molar-refractivity contribution in [1.29, 1.82) is 0 Å². The Morgan fingerprint density at radius 2 is 1.55 bits per heavy atom. The minimum absolute atomic E-state index is 0.177. The molecule has 0 spiro atoms. The molecule has 0 bridgehead atoms. The highest BCUT2D eigenvalue weighted by molar-refractivity contribution is 9.10. The fourth-order valence-corrected chi connectivity index (χ4v) is 2.66. The van der Waals surface area contributed by atoms with Crippen LogP contribution < -0.4 is 5.32 Å². The summed E-state index contributed by atoms with van der Waals surface area (Å²) in [6.07, 6.45) is 0. The number of benzene rings is 2. The third-order valence-corrected chi connectivity index (χ3v) is 3.95. The van der Waals surface area contributed by atoms with Crippen LogP contribution in [0.4, 0.5) is 0 Å². The van der Waals surface area contributed by atoms with Crippen molar-refractivity contribution in [2.24, 2.45) is 5.41 Å². The summed E-state index contributed by atoms with van der Waals surface area (Å²) in [7, 11) is 0. The molecule has 0 aliphatic carbocycles. The third kappa shape index (κ3) is 4.19. The molecule has 0 aliphatic rings. The van der Waals surface area contributed by atoms with E-state index in [2.05, 4.69) is 96.6 Å². The van der Waals surface area contributed by atoms with Crippen molar-refractivity contribution in [3.63, 3.8) is 0 Å². The summed E-state index contributed by atoms with van der Waals surface area (Å²) in [5.41, 5.74) is 2.83. The van der Waals surface area contributed by atoms with Crippen molar-refractivity contribution in [1.82, 2.24) is 5.32 Å². The van der Waals surface area contributed by atoms with Gasteiger partial charge in [0.1, 0.15) is 0 Å². The van der Waals surface area contributed by atoms with Crippen molar-refractivity contribution >= 4 is 15.9 Å². The van der Waals surface area contributed by atoms with Gasteiger partial charge >= 0.3 is 0 Å². The molecule has 0 saturated heterocycles. The van der Waals surface area contributed by atoms with E-state index in [9.17, 15) is 0 Å². The average Bonchev–Trinajstić information content (AvgIpc) is 2.41. The van der Waals surface area contributed by atoms with Crippen LogP contribution in [0.1, 0.15) is 37.9 Å². The fourth-order valence-electron chi connectivity index (χ4n) is 2.39. The first-order valence-corrected chi connectivity index (χ1v) is 7.79. The van der Waals surface area contributed by atoms with Gasteiger partial charge in [-0.2, -0.15) is 0 Å². The Hall–Kier alpha value is -1.12. The van der Waals surface area contributed by atoms with Crippen molar-refractivity contribution in [3.8, 4) is 0 Å². The van der Waals surface area contributed by atoms with Gasteiger partial charge in [0.05, 0.1) is 0 Å². The van der Waals surface area contributed by atoms with Gasteiger partial charge in [-0.05, 0) is 28.7 Å². The normalized spacial score (nSPS) is 13.2. The van der Waals surface area contributed by atoms with Crippen LogP contribution in [-0.4, -0.2) is 0 Å². The number of rotatable bonds is 4. The zero-order chi connectivity index (χ0) is 14.6. The van der Waals surface area contributed by atoms with E-state index in [0.717, 1.165) is 11.0 Å². The summed E-state index contributed by atoms with van der Waals surface area (Å²) < 4.78 is 1.12. The Morgan fingerprint density at radius 1 is 0.950 bits per heavy atom. The average molecular weight is 332 g/mol. The molecule has 2 rings (SSSR count). The molecule has 2 heteroatoms. The minimum Gasteiger partial charge on any atom is -0.305 e.